The van der Waals surface area contributed by atoms with Gasteiger partial charge in [0, 0.05) is 6.42 Å². The van der Waals surface area contributed by atoms with Crippen molar-refractivity contribution < 1.29 is 14.6 Å². The van der Waals surface area contributed by atoms with E-state index >= 15 is 0 Å². The predicted octanol–water partition coefficient (Wildman–Crippen LogP) is 2.07. The summed E-state index contributed by atoms with van der Waals surface area (Å²) >= 11 is 6.43. The van der Waals surface area contributed by atoms with Crippen LogP contribution < -0.4 is 0 Å². The van der Waals surface area contributed by atoms with Gasteiger partial charge in [-0.15, -0.1) is 11.6 Å². The lowest BCUT2D eigenvalue weighted by molar-refractivity contribution is -0.226. The summed E-state index contributed by atoms with van der Waals surface area (Å²) in [6.07, 6.45) is 0.672. The van der Waals surface area contributed by atoms with Gasteiger partial charge in [0.1, 0.15) is 4.87 Å². The Balaban J connectivity index is 2.28. The molecule has 92 valence electrons. The number of ether oxygens (including phenoxy) is 2. The van der Waals surface area contributed by atoms with Crippen molar-refractivity contribution in [1.82, 2.24) is 0 Å². The van der Waals surface area contributed by atoms with Crippen molar-refractivity contribution in [3.05, 3.63) is 12.2 Å². The Hall–Kier alpha value is -0.0900. The molecule has 2 aliphatic rings. The van der Waals surface area contributed by atoms with Crippen LogP contribution in [0.3, 0.4) is 0 Å². The molecular formula is C12H19ClO3. The Morgan fingerprint density at radius 1 is 1.44 bits per heavy atom. The largest absolute Gasteiger partial charge is 0.391 e. The van der Waals surface area contributed by atoms with Crippen LogP contribution in [0.2, 0.25) is 0 Å². The van der Waals surface area contributed by atoms with Gasteiger partial charge < -0.3 is 14.6 Å². The van der Waals surface area contributed by atoms with E-state index < -0.39 is 16.8 Å². The summed E-state index contributed by atoms with van der Waals surface area (Å²) in [5.41, 5.74) is 1.05. The van der Waals surface area contributed by atoms with Gasteiger partial charge in [-0.1, -0.05) is 12.2 Å². The molecule has 2 fully saturated rings. The molecule has 1 spiro atoms. The quantitative estimate of drug-likeness (QED) is 0.569. The van der Waals surface area contributed by atoms with Crippen molar-refractivity contribution in [1.29, 1.82) is 0 Å². The molecule has 1 aliphatic heterocycles. The Bertz CT molecular complexity index is 295. The first-order chi connectivity index (χ1) is 7.39. The van der Waals surface area contributed by atoms with Gasteiger partial charge in [-0.2, -0.15) is 0 Å². The summed E-state index contributed by atoms with van der Waals surface area (Å²) in [5.74, 6) is -0.643. The van der Waals surface area contributed by atoms with E-state index in [1.807, 2.05) is 6.92 Å². The normalized spacial score (nSPS) is 42.5. The molecule has 2 rings (SSSR count). The number of aliphatic hydroxyl groups excluding tert-OH is 1. The van der Waals surface area contributed by atoms with Crippen molar-refractivity contribution in [3.8, 4) is 0 Å². The van der Waals surface area contributed by atoms with Gasteiger partial charge in [0.15, 0.2) is 5.79 Å². The molecule has 1 N–H and O–H groups in total. The summed E-state index contributed by atoms with van der Waals surface area (Å²) in [6, 6.07) is 0. The molecule has 3 nitrogen and oxygen atoms in total. The minimum atomic E-state index is -0.880. The maximum Gasteiger partial charge on any atom is 0.190 e. The van der Waals surface area contributed by atoms with Gasteiger partial charge in [-0.25, -0.2) is 0 Å². The van der Waals surface area contributed by atoms with E-state index in [1.54, 1.807) is 6.92 Å². The molecule has 0 amide bonds. The van der Waals surface area contributed by atoms with E-state index in [4.69, 9.17) is 21.1 Å². The Morgan fingerprint density at radius 2 is 2.00 bits per heavy atom. The highest BCUT2D eigenvalue weighted by molar-refractivity contribution is 6.25. The lowest BCUT2D eigenvalue weighted by atomic mass is 9.73. The SMILES string of the molecule is C=C(C)C1CC(O)C(C)(Cl)C2(C1)OCCO2. The number of hydrogen-bond acceptors (Lipinski definition) is 3. The molecule has 0 bridgehead atoms. The fraction of sp³-hybridized carbons (Fsp3) is 0.833. The molecule has 1 aliphatic carbocycles. The van der Waals surface area contributed by atoms with Crippen molar-refractivity contribution in [3.63, 3.8) is 0 Å². The molecule has 1 saturated heterocycles. The van der Waals surface area contributed by atoms with E-state index in [9.17, 15) is 5.11 Å². The zero-order valence-electron chi connectivity index (χ0n) is 9.83. The average molecular weight is 247 g/mol. The Morgan fingerprint density at radius 3 is 2.50 bits per heavy atom. The monoisotopic (exact) mass is 246 g/mol. The third kappa shape index (κ3) is 1.70. The van der Waals surface area contributed by atoms with Crippen LogP contribution in [0.4, 0.5) is 0 Å². The lowest BCUT2D eigenvalue weighted by Crippen LogP contribution is -2.61. The van der Waals surface area contributed by atoms with Crippen molar-refractivity contribution >= 4 is 11.6 Å². The van der Waals surface area contributed by atoms with Crippen LogP contribution in [0, 0.1) is 5.92 Å². The van der Waals surface area contributed by atoms with E-state index in [0.717, 1.165) is 5.57 Å². The number of aliphatic hydroxyl groups is 1. The van der Waals surface area contributed by atoms with Crippen LogP contribution in [0.1, 0.15) is 26.7 Å². The topological polar surface area (TPSA) is 38.7 Å². The zero-order chi connectivity index (χ0) is 12.0. The van der Waals surface area contributed by atoms with E-state index in [2.05, 4.69) is 6.58 Å². The fourth-order valence-electron chi connectivity index (χ4n) is 2.58. The van der Waals surface area contributed by atoms with E-state index in [0.29, 0.717) is 26.1 Å². The van der Waals surface area contributed by atoms with Gasteiger partial charge >= 0.3 is 0 Å². The highest BCUT2D eigenvalue weighted by Crippen LogP contribution is 2.50. The van der Waals surface area contributed by atoms with E-state index in [1.165, 1.54) is 0 Å². The molecule has 0 radical (unpaired) electrons. The number of rotatable bonds is 1. The van der Waals surface area contributed by atoms with Gasteiger partial charge in [0.2, 0.25) is 0 Å². The summed E-state index contributed by atoms with van der Waals surface area (Å²) < 4.78 is 11.4. The number of hydrogen-bond donors (Lipinski definition) is 1. The van der Waals surface area contributed by atoms with Crippen molar-refractivity contribution in [2.75, 3.05) is 13.2 Å². The minimum Gasteiger partial charge on any atom is -0.391 e. The van der Waals surface area contributed by atoms with E-state index in [-0.39, 0.29) is 5.92 Å². The molecule has 4 heteroatoms. The highest BCUT2D eigenvalue weighted by Gasteiger charge is 2.60. The first-order valence-corrected chi connectivity index (χ1v) is 6.07. The van der Waals surface area contributed by atoms with Crippen molar-refractivity contribution in [2.24, 2.45) is 5.92 Å². The van der Waals surface area contributed by atoms with Gasteiger partial charge in [-0.05, 0) is 26.2 Å². The summed E-state index contributed by atoms with van der Waals surface area (Å²) in [7, 11) is 0. The zero-order valence-corrected chi connectivity index (χ0v) is 10.6. The number of halogens is 1. The maximum absolute atomic E-state index is 10.1. The second kappa shape index (κ2) is 3.98. The average Bonchev–Trinajstić information content (AvgIpc) is 2.64. The first kappa shape index (κ1) is 12.4. The van der Waals surface area contributed by atoms with Gasteiger partial charge in [0.05, 0.1) is 19.3 Å². The molecule has 16 heavy (non-hydrogen) atoms. The molecule has 1 saturated carbocycles. The molecule has 0 aromatic heterocycles. The van der Waals surface area contributed by atoms with Crippen LogP contribution in [-0.4, -0.2) is 35.1 Å². The summed E-state index contributed by atoms with van der Waals surface area (Å²) in [6.45, 7) is 8.79. The van der Waals surface area contributed by atoms with Gasteiger partial charge in [-0.3, -0.25) is 0 Å². The van der Waals surface area contributed by atoms with Gasteiger partial charge in [0.25, 0.3) is 0 Å². The molecule has 3 atom stereocenters. The second-order valence-electron chi connectivity index (χ2n) is 5.02. The molecule has 1 heterocycles. The van der Waals surface area contributed by atoms with Crippen LogP contribution in [-0.2, 0) is 9.47 Å². The summed E-state index contributed by atoms with van der Waals surface area (Å²) in [5, 5.41) is 10.1. The van der Waals surface area contributed by atoms with Crippen LogP contribution in [0.15, 0.2) is 12.2 Å². The first-order valence-electron chi connectivity index (χ1n) is 5.69. The number of alkyl halides is 1. The third-order valence-corrected chi connectivity index (χ3v) is 4.38. The van der Waals surface area contributed by atoms with Crippen LogP contribution in [0.5, 0.6) is 0 Å². The fourth-order valence-corrected chi connectivity index (χ4v) is 2.86. The smallest absolute Gasteiger partial charge is 0.190 e. The molecule has 0 aromatic carbocycles. The Labute approximate surface area is 101 Å². The van der Waals surface area contributed by atoms with Crippen LogP contribution in [0.25, 0.3) is 0 Å². The Kier molecular flexibility index (Phi) is 3.08. The third-order valence-electron chi connectivity index (χ3n) is 3.84. The predicted molar refractivity (Wildman–Crippen MR) is 62.4 cm³/mol. The lowest BCUT2D eigenvalue weighted by Gasteiger charge is -2.49. The summed E-state index contributed by atoms with van der Waals surface area (Å²) in [4.78, 5) is -0.880. The van der Waals surface area contributed by atoms with Crippen LogP contribution >= 0.6 is 11.6 Å². The number of allylic oxidation sites excluding steroid dienone is 1. The minimum absolute atomic E-state index is 0.208. The maximum atomic E-state index is 10.1. The second-order valence-corrected chi connectivity index (χ2v) is 5.81. The molecule has 0 aromatic rings. The standard InChI is InChI=1S/C12H19ClO3/c1-8(2)9-6-10(14)11(3,13)12(7-9)15-4-5-16-12/h9-10,14H,1,4-7H2,2-3H3. The molecular weight excluding hydrogens is 228 g/mol. The van der Waals surface area contributed by atoms with Crippen molar-refractivity contribution in [2.45, 2.75) is 43.5 Å². The highest BCUT2D eigenvalue weighted by atomic mass is 35.5. The molecule has 3 unspecified atom stereocenters.